The van der Waals surface area contributed by atoms with Crippen molar-refractivity contribution in [2.75, 3.05) is 5.32 Å². The number of aromatic nitrogens is 3. The Bertz CT molecular complexity index is 1200. The van der Waals surface area contributed by atoms with Crippen molar-refractivity contribution in [3.05, 3.63) is 58.8 Å². The number of anilines is 2. The smallest absolute Gasteiger partial charge is 0.337 e. The number of hydrogen-bond donors (Lipinski definition) is 2. The minimum Gasteiger partial charge on any atom is -0.478 e. The van der Waals surface area contributed by atoms with E-state index in [4.69, 9.17) is 4.98 Å². The number of pyridine rings is 1. The molecular weight excluding hydrogens is 420 g/mol. The number of nitrogens with zero attached hydrogens (tertiary/aromatic N) is 3. The summed E-state index contributed by atoms with van der Waals surface area (Å²) in [7, 11) is 0. The molecule has 2 aromatic heterocycles. The van der Waals surface area contributed by atoms with Crippen LogP contribution in [0, 0.1) is 5.92 Å². The van der Waals surface area contributed by atoms with Crippen LogP contribution in [0.15, 0.2) is 53.3 Å². The number of carboxylic acid groups (broad SMARTS) is 1. The highest BCUT2D eigenvalue weighted by Gasteiger charge is 2.17. The second-order valence-corrected chi connectivity index (χ2v) is 8.00. The molecule has 0 atom stereocenters. The molecule has 0 bridgehead atoms. The number of rotatable bonds is 5. The van der Waals surface area contributed by atoms with Crippen molar-refractivity contribution in [3.63, 3.8) is 0 Å². The highest BCUT2D eigenvalue weighted by atomic mass is 79.9. The van der Waals surface area contributed by atoms with Gasteiger partial charge < -0.3 is 15.0 Å². The van der Waals surface area contributed by atoms with Gasteiger partial charge in [-0.15, -0.1) is 0 Å². The molecule has 28 heavy (non-hydrogen) atoms. The Morgan fingerprint density at radius 3 is 2.79 bits per heavy atom. The van der Waals surface area contributed by atoms with E-state index >= 15 is 0 Å². The highest BCUT2D eigenvalue weighted by Crippen LogP contribution is 2.32. The molecule has 142 valence electrons. The van der Waals surface area contributed by atoms with Gasteiger partial charge in [0.25, 0.3) is 0 Å². The average molecular weight is 439 g/mol. The van der Waals surface area contributed by atoms with Crippen LogP contribution in [0.1, 0.15) is 24.2 Å². The van der Waals surface area contributed by atoms with Gasteiger partial charge in [0, 0.05) is 16.4 Å². The van der Waals surface area contributed by atoms with E-state index in [1.165, 1.54) is 0 Å². The fraction of sp³-hybridized carbons (Fsp3) is 0.190. The molecule has 0 spiro atoms. The standard InChI is InChI=1S/C21H19BrN4O2/c1-12(2)10-26-11-23-18-19(26)14-5-3-4-6-16(14)24-20(18)25-17-8-7-13(22)9-15(17)21(27)28/h3-9,11-12H,10H2,1-2H3,(H,24,25)(H,27,28). The zero-order chi connectivity index (χ0) is 19.8. The maximum Gasteiger partial charge on any atom is 0.337 e. The van der Waals surface area contributed by atoms with Crippen LogP contribution in [0.4, 0.5) is 11.5 Å². The van der Waals surface area contributed by atoms with Gasteiger partial charge in [0.05, 0.1) is 28.6 Å². The molecule has 2 aromatic carbocycles. The summed E-state index contributed by atoms with van der Waals surface area (Å²) in [5.74, 6) is -0.00183. The lowest BCUT2D eigenvalue weighted by Crippen LogP contribution is -2.05. The first-order chi connectivity index (χ1) is 13.4. The lowest BCUT2D eigenvalue weighted by molar-refractivity contribution is 0.0698. The first kappa shape index (κ1) is 18.4. The molecule has 2 heterocycles. The van der Waals surface area contributed by atoms with Crippen LogP contribution in [0.5, 0.6) is 0 Å². The van der Waals surface area contributed by atoms with Crippen LogP contribution in [-0.4, -0.2) is 25.6 Å². The van der Waals surface area contributed by atoms with Crippen molar-refractivity contribution < 1.29 is 9.90 Å². The van der Waals surface area contributed by atoms with E-state index in [9.17, 15) is 9.90 Å². The number of fused-ring (bicyclic) bond motifs is 3. The quantitative estimate of drug-likeness (QED) is 0.433. The number of imidazole rings is 1. The first-order valence-corrected chi connectivity index (χ1v) is 9.77. The molecule has 0 saturated carbocycles. The fourth-order valence-electron chi connectivity index (χ4n) is 3.33. The van der Waals surface area contributed by atoms with Crippen LogP contribution in [0.25, 0.3) is 21.9 Å². The molecule has 4 rings (SSSR count). The number of nitrogens with one attached hydrogen (secondary N) is 1. The van der Waals surface area contributed by atoms with Crippen molar-refractivity contribution >= 4 is 55.3 Å². The number of hydrogen-bond acceptors (Lipinski definition) is 4. The minimum atomic E-state index is -1.01. The Morgan fingerprint density at radius 1 is 1.25 bits per heavy atom. The molecular formula is C21H19BrN4O2. The Hall–Kier alpha value is -2.93. The fourth-order valence-corrected chi connectivity index (χ4v) is 3.69. The van der Waals surface area contributed by atoms with E-state index in [-0.39, 0.29) is 5.56 Å². The number of para-hydroxylation sites is 1. The molecule has 0 radical (unpaired) electrons. The normalized spacial score (nSPS) is 11.4. The number of benzene rings is 2. The summed E-state index contributed by atoms with van der Waals surface area (Å²) in [6.07, 6.45) is 1.82. The summed E-state index contributed by atoms with van der Waals surface area (Å²) in [5.41, 5.74) is 3.18. The second-order valence-electron chi connectivity index (χ2n) is 7.09. The first-order valence-electron chi connectivity index (χ1n) is 8.97. The van der Waals surface area contributed by atoms with Gasteiger partial charge in [0.2, 0.25) is 0 Å². The summed E-state index contributed by atoms with van der Waals surface area (Å²) < 4.78 is 2.84. The molecule has 0 saturated heterocycles. The summed E-state index contributed by atoms with van der Waals surface area (Å²) >= 11 is 3.33. The van der Waals surface area contributed by atoms with Gasteiger partial charge in [-0.05, 0) is 30.2 Å². The number of carbonyl (C=O) groups is 1. The molecule has 2 N–H and O–H groups in total. The van der Waals surface area contributed by atoms with Gasteiger partial charge >= 0.3 is 5.97 Å². The summed E-state index contributed by atoms with van der Waals surface area (Å²) in [6, 6.07) is 13.0. The summed E-state index contributed by atoms with van der Waals surface area (Å²) in [5, 5.41) is 13.8. The average Bonchev–Trinajstić information content (AvgIpc) is 3.06. The maximum absolute atomic E-state index is 11.7. The van der Waals surface area contributed by atoms with Crippen molar-refractivity contribution in [3.8, 4) is 0 Å². The molecule has 0 aliphatic carbocycles. The Morgan fingerprint density at radius 2 is 2.04 bits per heavy atom. The van der Waals surface area contributed by atoms with Gasteiger partial charge in [-0.2, -0.15) is 0 Å². The molecule has 0 aliphatic heterocycles. The van der Waals surface area contributed by atoms with Crippen LogP contribution in [-0.2, 0) is 6.54 Å². The monoisotopic (exact) mass is 438 g/mol. The number of carboxylic acids is 1. The summed E-state index contributed by atoms with van der Waals surface area (Å²) in [4.78, 5) is 21.0. The van der Waals surface area contributed by atoms with Gasteiger partial charge in [-0.3, -0.25) is 0 Å². The SMILES string of the molecule is CC(C)Cn1cnc2c(Nc3ccc(Br)cc3C(=O)O)nc3ccccc3c21. The summed E-state index contributed by atoms with van der Waals surface area (Å²) in [6.45, 7) is 5.16. The molecule has 4 aromatic rings. The second kappa shape index (κ2) is 7.24. The molecule has 7 heteroatoms. The maximum atomic E-state index is 11.7. The van der Waals surface area contributed by atoms with Gasteiger partial charge in [0.15, 0.2) is 5.82 Å². The van der Waals surface area contributed by atoms with Crippen LogP contribution in [0.2, 0.25) is 0 Å². The predicted molar refractivity (Wildman–Crippen MR) is 114 cm³/mol. The van der Waals surface area contributed by atoms with Crippen molar-refractivity contribution in [1.29, 1.82) is 0 Å². The largest absolute Gasteiger partial charge is 0.478 e. The van der Waals surface area contributed by atoms with E-state index < -0.39 is 5.97 Å². The van der Waals surface area contributed by atoms with Crippen LogP contribution < -0.4 is 5.32 Å². The minimum absolute atomic E-state index is 0.166. The molecule has 6 nitrogen and oxygen atoms in total. The topological polar surface area (TPSA) is 80.0 Å². The third-order valence-electron chi connectivity index (χ3n) is 4.48. The zero-order valence-electron chi connectivity index (χ0n) is 15.5. The van der Waals surface area contributed by atoms with Crippen LogP contribution in [0.3, 0.4) is 0 Å². The third kappa shape index (κ3) is 3.33. The van der Waals surface area contributed by atoms with Crippen molar-refractivity contribution in [2.45, 2.75) is 20.4 Å². The molecule has 0 fully saturated rings. The van der Waals surface area contributed by atoms with E-state index in [0.717, 1.165) is 28.5 Å². The lowest BCUT2D eigenvalue weighted by Gasteiger charge is -2.13. The van der Waals surface area contributed by atoms with E-state index in [1.54, 1.807) is 18.2 Å². The van der Waals surface area contributed by atoms with Gasteiger partial charge in [-0.1, -0.05) is 48.0 Å². The Balaban J connectivity index is 1.92. The zero-order valence-corrected chi connectivity index (χ0v) is 17.1. The van der Waals surface area contributed by atoms with E-state index in [2.05, 4.69) is 44.6 Å². The Kier molecular flexibility index (Phi) is 4.77. The van der Waals surface area contributed by atoms with Crippen molar-refractivity contribution in [2.24, 2.45) is 5.92 Å². The number of halogens is 1. The van der Waals surface area contributed by atoms with E-state index in [1.807, 2.05) is 30.6 Å². The van der Waals surface area contributed by atoms with E-state index in [0.29, 0.717) is 21.9 Å². The highest BCUT2D eigenvalue weighted by molar-refractivity contribution is 9.10. The van der Waals surface area contributed by atoms with Gasteiger partial charge in [0.1, 0.15) is 5.52 Å². The Labute approximate surface area is 170 Å². The predicted octanol–water partition coefficient (Wildman–Crippen LogP) is 5.44. The third-order valence-corrected chi connectivity index (χ3v) is 4.97. The lowest BCUT2D eigenvalue weighted by atomic mass is 10.1. The molecule has 0 aliphatic rings. The van der Waals surface area contributed by atoms with Crippen LogP contribution >= 0.6 is 15.9 Å². The van der Waals surface area contributed by atoms with Gasteiger partial charge in [-0.25, -0.2) is 14.8 Å². The molecule has 0 unspecified atom stereocenters. The molecule has 0 amide bonds. The number of aromatic carboxylic acids is 1. The van der Waals surface area contributed by atoms with Crippen molar-refractivity contribution in [1.82, 2.24) is 14.5 Å².